The first kappa shape index (κ1) is 18.4. The molecule has 2 saturated heterocycles. The molecule has 6 rings (SSSR count). The smallest absolute Gasteiger partial charge is 0.457 e. The molecule has 6 aliphatic rings. The zero-order valence-corrected chi connectivity index (χ0v) is 16.9. The normalized spacial score (nSPS) is 49.6. The van der Waals surface area contributed by atoms with Crippen LogP contribution in [0, 0.1) is 40.9 Å². The number of carbonyl (C=O) groups is 1. The zero-order chi connectivity index (χ0) is 19.0. The van der Waals surface area contributed by atoms with Crippen molar-refractivity contribution in [2.75, 3.05) is 13.1 Å². The van der Waals surface area contributed by atoms with Gasteiger partial charge >= 0.3 is 13.1 Å². The molecule has 2 bridgehead atoms. The summed E-state index contributed by atoms with van der Waals surface area (Å²) in [5.41, 5.74) is 0.257. The minimum atomic E-state index is -0.594. The minimum Gasteiger partial charge on any atom is -0.481 e. The van der Waals surface area contributed by atoms with E-state index in [-0.39, 0.29) is 24.7 Å². The van der Waals surface area contributed by atoms with Gasteiger partial charge in [0.2, 0.25) is 0 Å². The van der Waals surface area contributed by atoms with Crippen LogP contribution in [-0.4, -0.2) is 43.0 Å². The predicted molar refractivity (Wildman–Crippen MR) is 103 cm³/mol. The average molecular weight is 375 g/mol. The highest BCUT2D eigenvalue weighted by atomic mass is 16.7. The maximum Gasteiger partial charge on any atom is 0.457 e. The SMILES string of the molecule is CC1(C)[C@H]2C[C@@H]3OB(CCCC4C(C(=O)O)CC5CNCC54)O[C@]3(C)[C@@H]1C2. The monoisotopic (exact) mass is 375 g/mol. The van der Waals surface area contributed by atoms with E-state index in [1.807, 2.05) is 0 Å². The Labute approximate surface area is 163 Å². The number of rotatable bonds is 5. The number of hydrogen-bond donors (Lipinski definition) is 2. The lowest BCUT2D eigenvalue weighted by atomic mass is 9.43. The van der Waals surface area contributed by atoms with E-state index in [0.717, 1.165) is 51.0 Å². The van der Waals surface area contributed by atoms with Crippen molar-refractivity contribution < 1.29 is 19.2 Å². The molecule has 4 aliphatic carbocycles. The van der Waals surface area contributed by atoms with E-state index in [9.17, 15) is 9.90 Å². The fraction of sp³-hybridized carbons (Fsp3) is 0.952. The summed E-state index contributed by atoms with van der Waals surface area (Å²) in [7, 11) is -0.0997. The molecule has 0 aromatic carbocycles. The molecule has 0 aromatic heterocycles. The van der Waals surface area contributed by atoms with Crippen LogP contribution in [0.1, 0.15) is 52.9 Å². The van der Waals surface area contributed by atoms with Crippen molar-refractivity contribution in [1.29, 1.82) is 0 Å². The van der Waals surface area contributed by atoms with E-state index in [1.54, 1.807) is 0 Å². The molecule has 0 spiro atoms. The van der Waals surface area contributed by atoms with E-state index >= 15 is 0 Å². The highest BCUT2D eigenvalue weighted by Crippen LogP contribution is 2.65. The van der Waals surface area contributed by atoms with Crippen LogP contribution in [0.5, 0.6) is 0 Å². The third-order valence-corrected chi connectivity index (χ3v) is 9.31. The van der Waals surface area contributed by atoms with Gasteiger partial charge in [-0.2, -0.15) is 0 Å². The Hall–Kier alpha value is -0.585. The first-order valence-corrected chi connectivity index (χ1v) is 11.1. The van der Waals surface area contributed by atoms with Crippen LogP contribution < -0.4 is 5.32 Å². The molecule has 4 unspecified atom stereocenters. The Morgan fingerprint density at radius 3 is 2.78 bits per heavy atom. The maximum absolute atomic E-state index is 11.7. The van der Waals surface area contributed by atoms with Gasteiger partial charge < -0.3 is 19.7 Å². The van der Waals surface area contributed by atoms with Crippen molar-refractivity contribution in [3.8, 4) is 0 Å². The van der Waals surface area contributed by atoms with E-state index < -0.39 is 5.97 Å². The molecule has 5 nitrogen and oxygen atoms in total. The second-order valence-corrected chi connectivity index (χ2v) is 10.8. The second-order valence-electron chi connectivity index (χ2n) is 10.8. The van der Waals surface area contributed by atoms with E-state index in [1.165, 1.54) is 6.42 Å². The van der Waals surface area contributed by atoms with Crippen LogP contribution in [0.4, 0.5) is 0 Å². The van der Waals surface area contributed by atoms with Gasteiger partial charge in [-0.15, -0.1) is 0 Å². The number of fused-ring (bicyclic) bond motifs is 1. The lowest BCUT2D eigenvalue weighted by molar-refractivity contribution is -0.199. The quantitative estimate of drug-likeness (QED) is 0.723. The molecule has 2 heterocycles. The summed E-state index contributed by atoms with van der Waals surface area (Å²) in [5.74, 6) is 2.06. The van der Waals surface area contributed by atoms with Gasteiger partial charge in [-0.25, -0.2) is 0 Å². The molecule has 27 heavy (non-hydrogen) atoms. The number of carboxylic acids is 1. The molecule has 2 aliphatic heterocycles. The summed E-state index contributed by atoms with van der Waals surface area (Å²) in [6.45, 7) is 9.04. The Balaban J connectivity index is 1.18. The second kappa shape index (κ2) is 6.20. The molecule has 2 N–H and O–H groups in total. The fourth-order valence-electron chi connectivity index (χ4n) is 7.61. The Kier molecular flexibility index (Phi) is 4.24. The molecule has 8 atom stereocenters. The third-order valence-electron chi connectivity index (χ3n) is 9.31. The van der Waals surface area contributed by atoms with Crippen LogP contribution in [0.2, 0.25) is 6.32 Å². The van der Waals surface area contributed by atoms with Gasteiger partial charge in [0.15, 0.2) is 0 Å². The molecule has 0 radical (unpaired) electrons. The summed E-state index contributed by atoms with van der Waals surface area (Å²) in [4.78, 5) is 11.7. The van der Waals surface area contributed by atoms with Gasteiger partial charge in [-0.1, -0.05) is 20.3 Å². The maximum atomic E-state index is 11.7. The van der Waals surface area contributed by atoms with Crippen molar-refractivity contribution in [2.45, 2.75) is 70.9 Å². The van der Waals surface area contributed by atoms with Crippen LogP contribution in [0.15, 0.2) is 0 Å². The topological polar surface area (TPSA) is 67.8 Å². The Morgan fingerprint density at radius 2 is 2.04 bits per heavy atom. The number of nitrogens with one attached hydrogen (secondary N) is 1. The standard InChI is InChI=1S/C21H34BNO4/c1-20(2)13-8-17(20)21(3)18(9-13)26-22(27-21)6-4-5-14-15(19(24)25)7-12-10-23-11-16(12)14/h12-18,23H,4-11H2,1-3H3,(H,24,25)/t12?,13-,14?,15?,16?,17-,18+,21-/m1/s1. The molecular formula is C21H34BNO4. The van der Waals surface area contributed by atoms with Gasteiger partial charge in [0.05, 0.1) is 17.6 Å². The predicted octanol–water partition coefficient (Wildman–Crippen LogP) is 3.05. The van der Waals surface area contributed by atoms with Crippen molar-refractivity contribution in [1.82, 2.24) is 5.32 Å². The van der Waals surface area contributed by atoms with Crippen LogP contribution in [0.25, 0.3) is 0 Å². The Morgan fingerprint density at radius 1 is 1.22 bits per heavy atom. The summed E-state index contributed by atoms with van der Waals surface area (Å²) in [6.07, 6.45) is 6.42. The van der Waals surface area contributed by atoms with Gasteiger partial charge in [-0.3, -0.25) is 4.79 Å². The highest BCUT2D eigenvalue weighted by molar-refractivity contribution is 6.45. The van der Waals surface area contributed by atoms with Crippen LogP contribution >= 0.6 is 0 Å². The fourth-order valence-corrected chi connectivity index (χ4v) is 7.61. The number of hydrogen-bond acceptors (Lipinski definition) is 4. The van der Waals surface area contributed by atoms with Crippen molar-refractivity contribution >= 4 is 13.1 Å². The average Bonchev–Trinajstić information content (AvgIpc) is 3.26. The van der Waals surface area contributed by atoms with Gasteiger partial charge in [0, 0.05) is 0 Å². The zero-order valence-electron chi connectivity index (χ0n) is 16.9. The molecular weight excluding hydrogens is 341 g/mol. The summed E-state index contributed by atoms with van der Waals surface area (Å²) in [5, 5.41) is 13.1. The van der Waals surface area contributed by atoms with E-state index in [0.29, 0.717) is 29.1 Å². The summed E-state index contributed by atoms with van der Waals surface area (Å²) in [6, 6.07) is 0. The lowest BCUT2D eigenvalue weighted by Gasteiger charge is -2.64. The van der Waals surface area contributed by atoms with Crippen molar-refractivity contribution in [3.05, 3.63) is 0 Å². The van der Waals surface area contributed by atoms with Gasteiger partial charge in [-0.05, 0) is 87.0 Å². The third kappa shape index (κ3) is 2.66. The molecule has 4 saturated carbocycles. The molecule has 0 amide bonds. The molecule has 150 valence electrons. The highest BCUT2D eigenvalue weighted by Gasteiger charge is 2.67. The first-order chi connectivity index (χ1) is 12.8. The minimum absolute atomic E-state index is 0.0997. The first-order valence-electron chi connectivity index (χ1n) is 11.1. The Bertz CT molecular complexity index is 627. The number of aliphatic carboxylic acids is 1. The van der Waals surface area contributed by atoms with Crippen molar-refractivity contribution in [3.63, 3.8) is 0 Å². The molecule has 6 heteroatoms. The largest absolute Gasteiger partial charge is 0.481 e. The number of carboxylic acid groups (broad SMARTS) is 1. The molecule has 6 fully saturated rings. The summed E-state index contributed by atoms with van der Waals surface area (Å²) < 4.78 is 12.9. The van der Waals surface area contributed by atoms with Crippen molar-refractivity contribution in [2.24, 2.45) is 40.9 Å². The van der Waals surface area contributed by atoms with Crippen LogP contribution in [0.3, 0.4) is 0 Å². The van der Waals surface area contributed by atoms with E-state index in [4.69, 9.17) is 9.31 Å². The van der Waals surface area contributed by atoms with E-state index in [2.05, 4.69) is 26.1 Å². The summed E-state index contributed by atoms with van der Waals surface area (Å²) >= 11 is 0. The van der Waals surface area contributed by atoms with Gasteiger partial charge in [0.25, 0.3) is 0 Å². The van der Waals surface area contributed by atoms with Crippen LogP contribution in [-0.2, 0) is 14.1 Å². The molecule has 0 aromatic rings. The lowest BCUT2D eigenvalue weighted by Crippen LogP contribution is -2.65. The van der Waals surface area contributed by atoms with Gasteiger partial charge in [0.1, 0.15) is 0 Å².